The molecule has 20 heavy (non-hydrogen) atoms. The highest BCUT2D eigenvalue weighted by atomic mass is 32.2. The number of nitrogens with zero attached hydrogens (tertiary/aromatic N) is 2. The van der Waals surface area contributed by atoms with E-state index in [1.807, 2.05) is 6.92 Å². The molecule has 0 saturated carbocycles. The van der Waals surface area contributed by atoms with Gasteiger partial charge in [-0.15, -0.1) is 0 Å². The summed E-state index contributed by atoms with van der Waals surface area (Å²) in [6.45, 7) is 3.56. The van der Waals surface area contributed by atoms with Gasteiger partial charge >= 0.3 is 0 Å². The second kappa shape index (κ2) is 5.39. The average Bonchev–Trinajstić information content (AvgIpc) is 2.35. The molecule has 1 aromatic carbocycles. The van der Waals surface area contributed by atoms with Crippen LogP contribution in [0, 0.1) is 13.8 Å². The summed E-state index contributed by atoms with van der Waals surface area (Å²) < 4.78 is 23.1. The van der Waals surface area contributed by atoms with Gasteiger partial charge in [-0.1, -0.05) is 0 Å². The zero-order valence-electron chi connectivity index (χ0n) is 11.0. The lowest BCUT2D eigenvalue weighted by atomic mass is 10.2. The normalized spacial score (nSPS) is 11.6. The summed E-state index contributed by atoms with van der Waals surface area (Å²) in [4.78, 5) is 9.02. The van der Waals surface area contributed by atoms with Crippen molar-refractivity contribution in [3.05, 3.63) is 35.7 Å². The summed E-state index contributed by atoms with van der Waals surface area (Å²) in [5.74, 6) is 0. The van der Waals surface area contributed by atoms with E-state index in [0.29, 0.717) is 21.3 Å². The standard InChI is InChI=1S/C12H14N4O2S2/c1-7-5-15-12(16-6-7)19-10-3-9(13)4-11(8(10)2)20(14,17)18/h3-6H,13H2,1-2H3,(H2,14,17,18). The molecule has 0 aliphatic carbocycles. The topological polar surface area (TPSA) is 112 Å². The van der Waals surface area contributed by atoms with Crippen molar-refractivity contribution in [1.29, 1.82) is 0 Å². The summed E-state index contributed by atoms with van der Waals surface area (Å²) in [6.07, 6.45) is 3.38. The monoisotopic (exact) mass is 310 g/mol. The Balaban J connectivity index is 2.47. The first-order chi connectivity index (χ1) is 9.27. The Kier molecular flexibility index (Phi) is 3.98. The molecule has 0 radical (unpaired) electrons. The number of primary sulfonamides is 1. The van der Waals surface area contributed by atoms with Gasteiger partial charge in [-0.25, -0.2) is 23.5 Å². The highest BCUT2D eigenvalue weighted by Crippen LogP contribution is 2.32. The number of hydrogen-bond acceptors (Lipinski definition) is 6. The Hall–Kier alpha value is -1.64. The molecule has 0 amide bonds. The van der Waals surface area contributed by atoms with E-state index in [-0.39, 0.29) is 4.90 Å². The van der Waals surface area contributed by atoms with Crippen LogP contribution in [0.1, 0.15) is 11.1 Å². The van der Waals surface area contributed by atoms with E-state index in [9.17, 15) is 8.42 Å². The number of hydrogen-bond donors (Lipinski definition) is 2. The van der Waals surface area contributed by atoms with Crippen molar-refractivity contribution in [1.82, 2.24) is 9.97 Å². The van der Waals surface area contributed by atoms with Crippen LogP contribution in [0.3, 0.4) is 0 Å². The lowest BCUT2D eigenvalue weighted by Crippen LogP contribution is -2.14. The minimum absolute atomic E-state index is 0.0205. The van der Waals surface area contributed by atoms with Crippen LogP contribution in [0.2, 0.25) is 0 Å². The quantitative estimate of drug-likeness (QED) is 0.656. The van der Waals surface area contributed by atoms with Crippen LogP contribution in [-0.2, 0) is 10.0 Å². The Morgan fingerprint density at radius 1 is 1.15 bits per heavy atom. The van der Waals surface area contributed by atoms with Gasteiger partial charge in [0, 0.05) is 23.0 Å². The highest BCUT2D eigenvalue weighted by molar-refractivity contribution is 7.99. The van der Waals surface area contributed by atoms with Gasteiger partial charge in [0.1, 0.15) is 0 Å². The van der Waals surface area contributed by atoms with Crippen molar-refractivity contribution in [3.8, 4) is 0 Å². The maximum Gasteiger partial charge on any atom is 0.238 e. The van der Waals surface area contributed by atoms with Crippen LogP contribution in [0.5, 0.6) is 0 Å². The van der Waals surface area contributed by atoms with Gasteiger partial charge in [0.2, 0.25) is 10.0 Å². The van der Waals surface area contributed by atoms with Crippen molar-refractivity contribution in [2.24, 2.45) is 5.14 Å². The summed E-state index contributed by atoms with van der Waals surface area (Å²) >= 11 is 1.25. The third-order valence-electron chi connectivity index (χ3n) is 2.60. The van der Waals surface area contributed by atoms with E-state index in [0.717, 1.165) is 5.56 Å². The van der Waals surface area contributed by atoms with Crippen LogP contribution >= 0.6 is 11.8 Å². The molecular formula is C12H14N4O2S2. The van der Waals surface area contributed by atoms with Crippen molar-refractivity contribution >= 4 is 27.5 Å². The second-order valence-corrected chi connectivity index (χ2v) is 6.87. The van der Waals surface area contributed by atoms with Crippen LogP contribution in [0.4, 0.5) is 5.69 Å². The Morgan fingerprint density at radius 3 is 2.30 bits per heavy atom. The minimum atomic E-state index is -3.81. The molecule has 0 atom stereocenters. The number of aryl methyl sites for hydroxylation is 1. The van der Waals surface area contributed by atoms with Crippen LogP contribution < -0.4 is 10.9 Å². The maximum absolute atomic E-state index is 11.5. The van der Waals surface area contributed by atoms with E-state index in [2.05, 4.69) is 9.97 Å². The van der Waals surface area contributed by atoms with E-state index in [1.54, 1.807) is 25.4 Å². The first-order valence-electron chi connectivity index (χ1n) is 5.67. The Morgan fingerprint density at radius 2 is 1.75 bits per heavy atom. The molecule has 8 heteroatoms. The molecule has 1 aromatic heterocycles. The fourth-order valence-electron chi connectivity index (χ4n) is 1.62. The van der Waals surface area contributed by atoms with Crippen molar-refractivity contribution in [2.75, 3.05) is 5.73 Å². The molecule has 2 rings (SSSR count). The Labute approximate surface area is 121 Å². The predicted molar refractivity (Wildman–Crippen MR) is 77.9 cm³/mol. The third kappa shape index (κ3) is 3.27. The van der Waals surface area contributed by atoms with Gasteiger partial charge in [-0.05, 0) is 48.9 Å². The van der Waals surface area contributed by atoms with Crippen molar-refractivity contribution < 1.29 is 8.42 Å². The minimum Gasteiger partial charge on any atom is -0.399 e. The average molecular weight is 310 g/mol. The second-order valence-electron chi connectivity index (χ2n) is 4.33. The molecule has 4 N–H and O–H groups in total. The lowest BCUT2D eigenvalue weighted by molar-refractivity contribution is 0.597. The number of nitrogens with two attached hydrogens (primary N) is 2. The largest absolute Gasteiger partial charge is 0.399 e. The van der Waals surface area contributed by atoms with Gasteiger partial charge < -0.3 is 5.73 Å². The molecule has 1 heterocycles. The van der Waals surface area contributed by atoms with Crippen LogP contribution in [-0.4, -0.2) is 18.4 Å². The number of aromatic nitrogens is 2. The zero-order chi connectivity index (χ0) is 14.9. The highest BCUT2D eigenvalue weighted by Gasteiger charge is 2.16. The van der Waals surface area contributed by atoms with Gasteiger partial charge in [-0.2, -0.15) is 0 Å². The van der Waals surface area contributed by atoms with Gasteiger partial charge in [-0.3, -0.25) is 0 Å². The van der Waals surface area contributed by atoms with Crippen molar-refractivity contribution in [3.63, 3.8) is 0 Å². The summed E-state index contributed by atoms with van der Waals surface area (Å²) in [7, 11) is -3.81. The van der Waals surface area contributed by atoms with Gasteiger partial charge in [0.25, 0.3) is 0 Å². The summed E-state index contributed by atoms with van der Waals surface area (Å²) in [5, 5.41) is 5.70. The molecule has 6 nitrogen and oxygen atoms in total. The molecule has 0 unspecified atom stereocenters. The first-order valence-corrected chi connectivity index (χ1v) is 8.03. The number of anilines is 1. The van der Waals surface area contributed by atoms with E-state index >= 15 is 0 Å². The SMILES string of the molecule is Cc1cnc(Sc2cc(N)cc(S(N)(=O)=O)c2C)nc1. The number of sulfonamides is 1. The molecule has 0 saturated heterocycles. The molecule has 2 aromatic rings. The molecule has 0 bridgehead atoms. The Bertz CT molecular complexity index is 743. The summed E-state index contributed by atoms with van der Waals surface area (Å²) in [6, 6.07) is 3.03. The van der Waals surface area contributed by atoms with Crippen LogP contribution in [0.25, 0.3) is 0 Å². The molecule has 0 aliphatic rings. The van der Waals surface area contributed by atoms with Crippen molar-refractivity contribution in [2.45, 2.75) is 28.8 Å². The predicted octanol–water partition coefficient (Wildman–Crippen LogP) is 1.47. The number of benzene rings is 1. The van der Waals surface area contributed by atoms with E-state index in [4.69, 9.17) is 10.9 Å². The van der Waals surface area contributed by atoms with Gasteiger partial charge in [0.15, 0.2) is 5.16 Å². The lowest BCUT2D eigenvalue weighted by Gasteiger charge is -2.10. The fraction of sp³-hybridized carbons (Fsp3) is 0.167. The number of rotatable bonds is 3. The number of nitrogen functional groups attached to an aromatic ring is 1. The summed E-state index contributed by atoms with van der Waals surface area (Å²) in [5.41, 5.74) is 7.54. The van der Waals surface area contributed by atoms with Gasteiger partial charge in [0.05, 0.1) is 4.90 Å². The van der Waals surface area contributed by atoms with E-state index < -0.39 is 10.0 Å². The first kappa shape index (κ1) is 14.8. The molecule has 0 aliphatic heterocycles. The fourth-order valence-corrected chi connectivity index (χ4v) is 3.38. The van der Waals surface area contributed by atoms with Crippen LogP contribution in [0.15, 0.2) is 39.5 Å². The molecule has 0 fully saturated rings. The smallest absolute Gasteiger partial charge is 0.238 e. The zero-order valence-corrected chi connectivity index (χ0v) is 12.6. The third-order valence-corrected chi connectivity index (χ3v) is 4.67. The van der Waals surface area contributed by atoms with E-state index in [1.165, 1.54) is 17.8 Å². The molecule has 106 valence electrons. The molecule has 0 spiro atoms. The molecular weight excluding hydrogens is 296 g/mol. The maximum atomic E-state index is 11.5.